The highest BCUT2D eigenvalue weighted by atomic mass is 32.2. The molecule has 1 amide bonds. The normalized spacial score (nSPS) is 12.1. The number of hydrogen-bond donors (Lipinski definition) is 3. The number of fused-ring (bicyclic) bond motifs is 1. The van der Waals surface area contributed by atoms with Crippen LogP contribution in [0, 0.1) is 6.92 Å². The van der Waals surface area contributed by atoms with Crippen molar-refractivity contribution < 1.29 is 9.90 Å². The first-order chi connectivity index (χ1) is 14.4. The van der Waals surface area contributed by atoms with Gasteiger partial charge in [-0.25, -0.2) is 4.98 Å². The number of thiophene rings is 1. The summed E-state index contributed by atoms with van der Waals surface area (Å²) in [6, 6.07) is 14.3. The molecule has 0 saturated heterocycles. The van der Waals surface area contributed by atoms with E-state index >= 15 is 0 Å². The van der Waals surface area contributed by atoms with Crippen LogP contribution in [0.25, 0.3) is 21.3 Å². The molecule has 0 spiro atoms. The molecular formula is C22H19N3O3S2. The molecule has 2 aromatic carbocycles. The van der Waals surface area contributed by atoms with Gasteiger partial charge in [0.25, 0.3) is 5.56 Å². The van der Waals surface area contributed by atoms with Gasteiger partial charge in [-0.2, -0.15) is 0 Å². The number of H-pyrrole nitrogens is 1. The molecule has 1 unspecified atom stereocenters. The summed E-state index contributed by atoms with van der Waals surface area (Å²) in [5.41, 5.74) is 3.36. The van der Waals surface area contributed by atoms with E-state index in [0.717, 1.165) is 16.7 Å². The number of aromatic amines is 1. The highest BCUT2D eigenvalue weighted by Gasteiger charge is 2.18. The highest BCUT2D eigenvalue weighted by molar-refractivity contribution is 8.00. The molecule has 0 bridgehead atoms. The lowest BCUT2D eigenvalue weighted by atomic mass is 10.1. The molecule has 0 aliphatic carbocycles. The Labute approximate surface area is 181 Å². The van der Waals surface area contributed by atoms with Gasteiger partial charge in [0.2, 0.25) is 5.91 Å². The second kappa shape index (κ2) is 8.33. The Hall–Kier alpha value is -3.10. The maximum absolute atomic E-state index is 12.8. The summed E-state index contributed by atoms with van der Waals surface area (Å²) in [6.45, 7) is 3.77. The Kier molecular flexibility index (Phi) is 5.61. The molecule has 0 saturated carbocycles. The largest absolute Gasteiger partial charge is 0.508 e. The number of hydrogen-bond acceptors (Lipinski definition) is 6. The SMILES string of the molecule is Cc1ccc(-c2csc3nc(SC(C)C(=O)Nc4ccc(O)cc4)[nH]c(=O)c23)cc1. The van der Waals surface area contributed by atoms with Gasteiger partial charge in [0.1, 0.15) is 10.6 Å². The second-order valence-corrected chi connectivity index (χ2v) is 9.05. The third kappa shape index (κ3) is 4.24. The number of rotatable bonds is 5. The van der Waals surface area contributed by atoms with Crippen LogP contribution in [0.5, 0.6) is 5.75 Å². The number of carbonyl (C=O) groups is 1. The van der Waals surface area contributed by atoms with Gasteiger partial charge in [-0.15, -0.1) is 11.3 Å². The molecule has 2 aromatic heterocycles. The lowest BCUT2D eigenvalue weighted by Gasteiger charge is -2.11. The summed E-state index contributed by atoms with van der Waals surface area (Å²) in [5.74, 6) is -0.0913. The molecule has 0 aliphatic rings. The smallest absolute Gasteiger partial charge is 0.260 e. The molecule has 8 heteroatoms. The third-order valence-corrected chi connectivity index (χ3v) is 6.43. The van der Waals surface area contributed by atoms with E-state index in [2.05, 4.69) is 15.3 Å². The summed E-state index contributed by atoms with van der Waals surface area (Å²) >= 11 is 2.60. The lowest BCUT2D eigenvalue weighted by molar-refractivity contribution is -0.115. The van der Waals surface area contributed by atoms with E-state index in [-0.39, 0.29) is 17.2 Å². The molecule has 3 N–H and O–H groups in total. The van der Waals surface area contributed by atoms with E-state index in [4.69, 9.17) is 0 Å². The Bertz CT molecular complexity index is 1260. The standard InChI is InChI=1S/C22H19N3O3S2/c1-12-3-5-14(6-4-12)17-11-29-21-18(17)20(28)24-22(25-21)30-13(2)19(27)23-15-7-9-16(26)10-8-15/h3-11,13,26H,1-2H3,(H,23,27)(H,24,25,28). The van der Waals surface area contributed by atoms with Crippen LogP contribution in [0.1, 0.15) is 12.5 Å². The predicted molar refractivity (Wildman–Crippen MR) is 122 cm³/mol. The van der Waals surface area contributed by atoms with Crippen molar-refractivity contribution in [1.82, 2.24) is 9.97 Å². The van der Waals surface area contributed by atoms with Crippen molar-refractivity contribution in [2.45, 2.75) is 24.3 Å². The molecule has 0 aliphatic heterocycles. The number of phenolic OH excluding ortho intramolecular Hbond substituents is 1. The van der Waals surface area contributed by atoms with Gasteiger partial charge in [0.15, 0.2) is 5.16 Å². The fourth-order valence-corrected chi connectivity index (χ4v) is 4.74. The van der Waals surface area contributed by atoms with Crippen LogP contribution in [0.4, 0.5) is 5.69 Å². The van der Waals surface area contributed by atoms with Crippen molar-refractivity contribution in [2.75, 3.05) is 5.32 Å². The minimum absolute atomic E-state index is 0.131. The lowest BCUT2D eigenvalue weighted by Crippen LogP contribution is -2.23. The zero-order chi connectivity index (χ0) is 21.3. The molecule has 0 fully saturated rings. The average molecular weight is 438 g/mol. The molecule has 2 heterocycles. The number of nitrogens with zero attached hydrogens (tertiary/aromatic N) is 1. The quantitative estimate of drug-likeness (QED) is 0.237. The van der Waals surface area contributed by atoms with Gasteiger partial charge in [-0.05, 0) is 43.7 Å². The molecule has 4 rings (SSSR count). The highest BCUT2D eigenvalue weighted by Crippen LogP contribution is 2.32. The number of benzene rings is 2. The number of anilines is 1. The van der Waals surface area contributed by atoms with Crippen LogP contribution < -0.4 is 10.9 Å². The number of nitrogens with one attached hydrogen (secondary N) is 2. The van der Waals surface area contributed by atoms with Gasteiger partial charge in [0, 0.05) is 16.6 Å². The third-order valence-electron chi connectivity index (χ3n) is 4.58. The topological polar surface area (TPSA) is 95.1 Å². The molecule has 30 heavy (non-hydrogen) atoms. The summed E-state index contributed by atoms with van der Waals surface area (Å²) in [6.07, 6.45) is 0. The number of carbonyl (C=O) groups excluding carboxylic acids is 1. The van der Waals surface area contributed by atoms with Crippen LogP contribution in [0.3, 0.4) is 0 Å². The molecule has 1 atom stereocenters. The van der Waals surface area contributed by atoms with Crippen LogP contribution in [-0.2, 0) is 4.79 Å². The van der Waals surface area contributed by atoms with E-state index in [9.17, 15) is 14.7 Å². The number of amides is 1. The van der Waals surface area contributed by atoms with Crippen LogP contribution in [-0.4, -0.2) is 26.2 Å². The van der Waals surface area contributed by atoms with E-state index in [1.807, 2.05) is 36.6 Å². The van der Waals surface area contributed by atoms with E-state index in [0.29, 0.717) is 21.1 Å². The van der Waals surface area contributed by atoms with Crippen LogP contribution >= 0.6 is 23.1 Å². The zero-order valence-corrected chi connectivity index (χ0v) is 17.9. The maximum atomic E-state index is 12.8. The maximum Gasteiger partial charge on any atom is 0.260 e. The fourth-order valence-electron chi connectivity index (χ4n) is 2.94. The zero-order valence-electron chi connectivity index (χ0n) is 16.3. The summed E-state index contributed by atoms with van der Waals surface area (Å²) in [5, 5.41) is 14.5. The van der Waals surface area contributed by atoms with Crippen LogP contribution in [0.15, 0.2) is 63.9 Å². The molecular weight excluding hydrogens is 418 g/mol. The fraction of sp³-hybridized carbons (Fsp3) is 0.136. The van der Waals surface area contributed by atoms with Gasteiger partial charge in [-0.1, -0.05) is 41.6 Å². The van der Waals surface area contributed by atoms with Crippen molar-refractivity contribution in [3.63, 3.8) is 0 Å². The van der Waals surface area contributed by atoms with Gasteiger partial charge in [0.05, 0.1) is 10.6 Å². The first-order valence-electron chi connectivity index (χ1n) is 9.26. The Morgan fingerprint density at radius 3 is 2.57 bits per heavy atom. The Balaban J connectivity index is 1.55. The number of thioether (sulfide) groups is 1. The summed E-state index contributed by atoms with van der Waals surface area (Å²) in [4.78, 5) is 33.2. The average Bonchev–Trinajstić information content (AvgIpc) is 3.15. The van der Waals surface area contributed by atoms with E-state index < -0.39 is 5.25 Å². The Morgan fingerprint density at radius 2 is 1.87 bits per heavy atom. The monoisotopic (exact) mass is 437 g/mol. The van der Waals surface area contributed by atoms with Crippen molar-refractivity contribution in [3.8, 4) is 16.9 Å². The number of phenols is 1. The minimum atomic E-state index is -0.476. The van der Waals surface area contributed by atoms with Gasteiger partial charge < -0.3 is 15.4 Å². The minimum Gasteiger partial charge on any atom is -0.508 e. The van der Waals surface area contributed by atoms with Crippen LogP contribution in [0.2, 0.25) is 0 Å². The summed E-state index contributed by atoms with van der Waals surface area (Å²) < 4.78 is 0. The van der Waals surface area contributed by atoms with Gasteiger partial charge >= 0.3 is 0 Å². The molecule has 4 aromatic rings. The molecule has 0 radical (unpaired) electrons. The number of aromatic nitrogens is 2. The first kappa shape index (κ1) is 20.2. The van der Waals surface area contributed by atoms with Crippen molar-refractivity contribution >= 4 is 44.9 Å². The van der Waals surface area contributed by atoms with Gasteiger partial charge in [-0.3, -0.25) is 9.59 Å². The van der Waals surface area contributed by atoms with E-state index in [1.165, 1.54) is 35.2 Å². The van der Waals surface area contributed by atoms with Crippen molar-refractivity contribution in [1.29, 1.82) is 0 Å². The second-order valence-electron chi connectivity index (χ2n) is 6.86. The number of aryl methyl sites for hydroxylation is 1. The predicted octanol–water partition coefficient (Wildman–Crippen LogP) is 4.78. The first-order valence-corrected chi connectivity index (χ1v) is 11.0. The van der Waals surface area contributed by atoms with Crippen molar-refractivity contribution in [2.24, 2.45) is 0 Å². The summed E-state index contributed by atoms with van der Waals surface area (Å²) in [7, 11) is 0. The molecule has 6 nitrogen and oxygen atoms in total. The number of aromatic hydroxyl groups is 1. The van der Waals surface area contributed by atoms with E-state index in [1.54, 1.807) is 19.1 Å². The molecule has 152 valence electrons. The Morgan fingerprint density at radius 1 is 1.17 bits per heavy atom. The van der Waals surface area contributed by atoms with Crippen molar-refractivity contribution in [3.05, 3.63) is 69.8 Å².